The minimum absolute atomic E-state index is 0. The van der Waals surface area contributed by atoms with Gasteiger partial charge in [0, 0.05) is 0 Å². The van der Waals surface area contributed by atoms with Crippen molar-refractivity contribution < 1.29 is 46.1 Å². The van der Waals surface area contributed by atoms with Crippen LogP contribution in [0.4, 0.5) is 0 Å². The molecule has 0 aromatic rings. The van der Waals surface area contributed by atoms with E-state index in [4.69, 9.17) is 0 Å². The van der Waals surface area contributed by atoms with E-state index in [9.17, 15) is 0 Å². The van der Waals surface area contributed by atoms with Gasteiger partial charge >= 0.3 is 101 Å². The Morgan fingerprint density at radius 2 is 1.82 bits per heavy atom. The Balaban J connectivity index is 0.00000128. The van der Waals surface area contributed by atoms with Crippen LogP contribution in [0.2, 0.25) is 0 Å². The predicted octanol–water partition coefficient (Wildman–Crippen LogP) is -2.24. The molecule has 0 N–H and O–H groups in total. The molecule has 17 heavy (non-hydrogen) atoms. The molecule has 0 bridgehead atoms. The van der Waals surface area contributed by atoms with Crippen LogP contribution in [0.5, 0.6) is 0 Å². The quantitative estimate of drug-likeness (QED) is 0.529. The first-order valence-corrected chi connectivity index (χ1v) is 9.75. The molecular formula is C14H18Cl2Zr. The van der Waals surface area contributed by atoms with E-state index in [0.29, 0.717) is 5.92 Å². The molecule has 2 aliphatic rings. The molecule has 0 saturated heterocycles. The summed E-state index contributed by atoms with van der Waals surface area (Å²) in [6.45, 7) is 6.80. The minimum atomic E-state index is -1.70. The summed E-state index contributed by atoms with van der Waals surface area (Å²) in [4.78, 5) is 0. The molecule has 0 amide bonds. The van der Waals surface area contributed by atoms with E-state index in [2.05, 4.69) is 49.3 Å². The maximum Gasteiger partial charge on any atom is -1.00 e. The Morgan fingerprint density at radius 3 is 2.24 bits per heavy atom. The number of hydrogen-bond donors (Lipinski definition) is 0. The summed E-state index contributed by atoms with van der Waals surface area (Å²) in [6.07, 6.45) is 10.3. The minimum Gasteiger partial charge on any atom is -1.00 e. The molecule has 1 atom stereocenters. The van der Waals surface area contributed by atoms with Crippen molar-refractivity contribution in [2.24, 2.45) is 5.92 Å². The summed E-state index contributed by atoms with van der Waals surface area (Å²) < 4.78 is 7.95. The van der Waals surface area contributed by atoms with Gasteiger partial charge in [-0.1, -0.05) is 0 Å². The Morgan fingerprint density at radius 1 is 1.18 bits per heavy atom. The summed E-state index contributed by atoms with van der Waals surface area (Å²) >= 11 is -1.70. The maximum atomic E-state index is 4.55. The van der Waals surface area contributed by atoms with Crippen LogP contribution in [0, 0.1) is 5.92 Å². The van der Waals surface area contributed by atoms with E-state index in [-0.39, 0.29) is 24.8 Å². The van der Waals surface area contributed by atoms with Gasteiger partial charge in [0.1, 0.15) is 0 Å². The molecule has 0 nitrogen and oxygen atoms in total. The third-order valence-electron chi connectivity index (χ3n) is 3.37. The topological polar surface area (TPSA) is 0 Å². The fourth-order valence-electron chi connectivity index (χ4n) is 2.49. The number of halogens is 2. The summed E-state index contributed by atoms with van der Waals surface area (Å²) in [5, 5.41) is 0. The fourth-order valence-corrected chi connectivity index (χ4v) is 8.52. The van der Waals surface area contributed by atoms with Gasteiger partial charge in [-0.15, -0.1) is 0 Å². The van der Waals surface area contributed by atoms with Gasteiger partial charge in [0.25, 0.3) is 0 Å². The van der Waals surface area contributed by atoms with E-state index in [1.807, 2.05) is 0 Å². The van der Waals surface area contributed by atoms with Gasteiger partial charge in [0.15, 0.2) is 0 Å². The first-order valence-electron chi connectivity index (χ1n) is 5.56. The van der Waals surface area contributed by atoms with Crippen LogP contribution in [0.15, 0.2) is 42.0 Å². The number of allylic oxidation sites excluding steroid dienone is 8. The van der Waals surface area contributed by atoms with Crippen LogP contribution >= 0.6 is 0 Å². The molecule has 0 fully saturated rings. The number of hydrogen-bond acceptors (Lipinski definition) is 0. The first-order chi connectivity index (χ1) is 7.11. The summed E-state index contributed by atoms with van der Waals surface area (Å²) in [5.74, 6) is 0.651. The Hall–Kier alpha value is 0.293. The maximum absolute atomic E-state index is 4.55. The van der Waals surface area contributed by atoms with Gasteiger partial charge in [0.2, 0.25) is 0 Å². The van der Waals surface area contributed by atoms with Crippen molar-refractivity contribution in [2.45, 2.75) is 27.2 Å². The molecular weight excluding hydrogens is 330 g/mol. The second-order valence-electron chi connectivity index (χ2n) is 4.49. The van der Waals surface area contributed by atoms with Crippen LogP contribution in [-0.2, 0) is 21.3 Å². The predicted molar refractivity (Wildman–Crippen MR) is 64.6 cm³/mol. The Kier molecular flexibility index (Phi) is 7.14. The van der Waals surface area contributed by atoms with Gasteiger partial charge in [-0.05, 0) is 0 Å². The molecule has 2 aliphatic carbocycles. The SMILES string of the molecule is [CH2]=[Zr+2]([C]1=C(C)C=CC1)[C]1=C(C)C=CC1C.[Cl-].[Cl-]. The third kappa shape index (κ3) is 3.40. The van der Waals surface area contributed by atoms with E-state index >= 15 is 0 Å². The summed E-state index contributed by atoms with van der Waals surface area (Å²) in [5.41, 5.74) is 3.00. The largest absolute Gasteiger partial charge is 1.00 e. The zero-order chi connectivity index (χ0) is 11.0. The molecule has 0 aromatic heterocycles. The second kappa shape index (κ2) is 7.02. The second-order valence-corrected chi connectivity index (χ2v) is 9.65. The van der Waals surface area contributed by atoms with Crippen molar-refractivity contribution in [1.82, 2.24) is 0 Å². The normalized spacial score (nSPS) is 21.2. The van der Waals surface area contributed by atoms with Crippen molar-refractivity contribution in [3.05, 3.63) is 42.0 Å². The number of rotatable bonds is 2. The smallest absolute Gasteiger partial charge is 1.00 e. The van der Waals surface area contributed by atoms with Gasteiger partial charge in [-0.3, -0.25) is 0 Å². The monoisotopic (exact) mass is 346 g/mol. The molecule has 0 aromatic carbocycles. The van der Waals surface area contributed by atoms with E-state index in [1.165, 1.54) is 17.6 Å². The fraction of sp³-hybridized carbons (Fsp3) is 0.357. The van der Waals surface area contributed by atoms with Gasteiger partial charge in [-0.25, -0.2) is 0 Å². The summed E-state index contributed by atoms with van der Waals surface area (Å²) in [6, 6.07) is 0. The molecule has 0 radical (unpaired) electrons. The van der Waals surface area contributed by atoms with Crippen LogP contribution in [0.25, 0.3) is 0 Å². The molecule has 3 heteroatoms. The van der Waals surface area contributed by atoms with Gasteiger partial charge in [0.05, 0.1) is 0 Å². The van der Waals surface area contributed by atoms with E-state index in [0.717, 1.165) is 0 Å². The van der Waals surface area contributed by atoms with E-state index in [1.54, 1.807) is 6.56 Å². The third-order valence-corrected chi connectivity index (χ3v) is 10.3. The Labute approximate surface area is 125 Å². The molecule has 0 spiro atoms. The molecule has 0 aliphatic heterocycles. The van der Waals surface area contributed by atoms with Crippen molar-refractivity contribution >= 4 is 4.21 Å². The van der Waals surface area contributed by atoms with Crippen molar-refractivity contribution in [1.29, 1.82) is 0 Å². The molecule has 0 saturated carbocycles. The standard InChI is InChI=1S/C7H9.C6H7.CH2.2ClH.Zr/c1-6-3-4-7(2)5-6;1-6-4-2-3-5-6;;;;/h3-4,6H,1-2H3;2,4H,3H2,1H3;1H2;2*1H;/q;;;;;+2/p-2. The van der Waals surface area contributed by atoms with E-state index < -0.39 is 21.3 Å². The van der Waals surface area contributed by atoms with Crippen LogP contribution in [-0.4, -0.2) is 4.21 Å². The zero-order valence-electron chi connectivity index (χ0n) is 10.6. The first kappa shape index (κ1) is 17.3. The van der Waals surface area contributed by atoms with Crippen molar-refractivity contribution in [2.75, 3.05) is 0 Å². The van der Waals surface area contributed by atoms with Crippen LogP contribution < -0.4 is 24.8 Å². The van der Waals surface area contributed by atoms with Crippen LogP contribution in [0.3, 0.4) is 0 Å². The average Bonchev–Trinajstić information content (AvgIpc) is 2.73. The molecule has 0 heterocycles. The average molecular weight is 348 g/mol. The molecule has 1 unspecified atom stereocenters. The molecule has 2 rings (SSSR count). The van der Waals surface area contributed by atoms with Crippen molar-refractivity contribution in [3.63, 3.8) is 0 Å². The van der Waals surface area contributed by atoms with Crippen molar-refractivity contribution in [3.8, 4) is 0 Å². The summed E-state index contributed by atoms with van der Waals surface area (Å²) in [7, 11) is 0. The zero-order valence-corrected chi connectivity index (χ0v) is 14.5. The van der Waals surface area contributed by atoms with Gasteiger partial charge in [-0.2, -0.15) is 0 Å². The molecule has 92 valence electrons. The van der Waals surface area contributed by atoms with Gasteiger partial charge < -0.3 is 24.8 Å². The van der Waals surface area contributed by atoms with Crippen LogP contribution in [0.1, 0.15) is 27.2 Å². The Bertz CT molecular complexity index is 439.